The summed E-state index contributed by atoms with van der Waals surface area (Å²) in [7, 11) is 0. The van der Waals surface area contributed by atoms with Gasteiger partial charge in [0.2, 0.25) is 11.8 Å². The highest BCUT2D eigenvalue weighted by molar-refractivity contribution is 5.81. The van der Waals surface area contributed by atoms with Crippen molar-refractivity contribution in [2.24, 2.45) is 11.7 Å². The van der Waals surface area contributed by atoms with E-state index >= 15 is 0 Å². The molecule has 0 saturated heterocycles. The number of nitrogens with two attached hydrogens (primary N) is 1. The van der Waals surface area contributed by atoms with Crippen molar-refractivity contribution in [3.05, 3.63) is 30.2 Å². The Hall–Kier alpha value is -1.92. The van der Waals surface area contributed by atoms with Crippen molar-refractivity contribution < 1.29 is 14.3 Å². The molecule has 1 aromatic carbocycles. The fourth-order valence-corrected chi connectivity index (χ4v) is 3.68. The van der Waals surface area contributed by atoms with Crippen molar-refractivity contribution in [3.63, 3.8) is 0 Å². The maximum Gasteiger partial charge on any atom is 0.236 e. The molecule has 142 valence electrons. The van der Waals surface area contributed by atoms with Crippen LogP contribution in [0.2, 0.25) is 0 Å². The lowest BCUT2D eigenvalue weighted by Crippen LogP contribution is -2.42. The number of carbonyl (C=O) groups excluding carboxylic acids is 1. The lowest BCUT2D eigenvalue weighted by atomic mass is 9.85. The molecule has 2 aromatic rings. The Kier molecular flexibility index (Phi) is 6.63. The summed E-state index contributed by atoms with van der Waals surface area (Å²) in [5.74, 6) is 0.823. The molecule has 1 aliphatic rings. The van der Waals surface area contributed by atoms with Gasteiger partial charge < -0.3 is 20.6 Å². The Labute approximate surface area is 154 Å². The van der Waals surface area contributed by atoms with Crippen LogP contribution in [-0.4, -0.2) is 28.6 Å². The second-order valence-corrected chi connectivity index (χ2v) is 7.32. The van der Waals surface area contributed by atoms with Gasteiger partial charge in [0.15, 0.2) is 5.58 Å². The molecule has 1 fully saturated rings. The number of benzene rings is 1. The number of aromatic nitrogens is 1. The summed E-state index contributed by atoms with van der Waals surface area (Å²) < 4.78 is 5.56. The smallest absolute Gasteiger partial charge is 0.236 e. The summed E-state index contributed by atoms with van der Waals surface area (Å²) in [6, 6.07) is 7.00. The molecule has 1 saturated carbocycles. The zero-order valence-corrected chi connectivity index (χ0v) is 15.2. The van der Waals surface area contributed by atoms with E-state index in [0.717, 1.165) is 11.9 Å². The number of oxazole rings is 1. The van der Waals surface area contributed by atoms with Crippen molar-refractivity contribution in [3.8, 4) is 0 Å². The lowest BCUT2D eigenvalue weighted by Gasteiger charge is -2.24. The van der Waals surface area contributed by atoms with Crippen molar-refractivity contribution in [1.82, 2.24) is 10.3 Å². The van der Waals surface area contributed by atoms with Gasteiger partial charge in [-0.25, -0.2) is 4.98 Å². The molecular formula is C20H29N3O3. The summed E-state index contributed by atoms with van der Waals surface area (Å²) in [4.78, 5) is 16.4. The number of nitrogens with zero attached hydrogens (tertiary/aromatic N) is 1. The number of hydrogen-bond acceptors (Lipinski definition) is 5. The Morgan fingerprint density at radius 3 is 2.85 bits per heavy atom. The van der Waals surface area contributed by atoms with Crippen molar-refractivity contribution in [2.75, 3.05) is 6.54 Å². The van der Waals surface area contributed by atoms with Gasteiger partial charge in [-0.2, -0.15) is 0 Å². The van der Waals surface area contributed by atoms with Crippen LogP contribution in [0.1, 0.15) is 63.4 Å². The van der Waals surface area contributed by atoms with E-state index in [4.69, 9.17) is 10.2 Å². The monoisotopic (exact) mass is 359 g/mol. The molecule has 2 atom stereocenters. The zero-order chi connectivity index (χ0) is 18.4. The first kappa shape index (κ1) is 18.9. The normalized spacial score (nSPS) is 17.9. The van der Waals surface area contributed by atoms with E-state index in [0.29, 0.717) is 36.8 Å². The highest BCUT2D eigenvalue weighted by atomic mass is 16.4. The van der Waals surface area contributed by atoms with Crippen LogP contribution in [0.15, 0.2) is 28.7 Å². The molecule has 4 N–H and O–H groups in total. The number of hydrogen-bond donors (Lipinski definition) is 3. The summed E-state index contributed by atoms with van der Waals surface area (Å²) >= 11 is 0. The molecule has 1 amide bonds. The van der Waals surface area contributed by atoms with E-state index in [1.165, 1.54) is 32.1 Å². The Bertz CT molecular complexity index is 676. The molecule has 0 radical (unpaired) electrons. The fourth-order valence-electron chi connectivity index (χ4n) is 3.68. The predicted octanol–water partition coefficient (Wildman–Crippen LogP) is 3.06. The Balaban J connectivity index is 1.36. The van der Waals surface area contributed by atoms with E-state index in [1.54, 1.807) is 0 Å². The van der Waals surface area contributed by atoms with Crippen LogP contribution in [0.25, 0.3) is 11.1 Å². The number of rotatable bonds is 8. The fraction of sp³-hybridized carbons (Fsp3) is 0.600. The van der Waals surface area contributed by atoms with Crippen LogP contribution in [0, 0.1) is 5.92 Å². The summed E-state index contributed by atoms with van der Waals surface area (Å²) in [5.41, 5.74) is 7.45. The molecule has 0 bridgehead atoms. The van der Waals surface area contributed by atoms with Crippen LogP contribution < -0.4 is 11.1 Å². The zero-order valence-electron chi connectivity index (χ0n) is 15.2. The van der Waals surface area contributed by atoms with Crippen molar-refractivity contribution in [1.29, 1.82) is 0 Å². The van der Waals surface area contributed by atoms with Gasteiger partial charge in [-0.15, -0.1) is 0 Å². The van der Waals surface area contributed by atoms with Gasteiger partial charge in [0, 0.05) is 6.54 Å². The number of fused-ring (bicyclic) bond motifs is 1. The van der Waals surface area contributed by atoms with Gasteiger partial charge in [-0.1, -0.05) is 44.2 Å². The summed E-state index contributed by atoms with van der Waals surface area (Å²) in [5, 5.41) is 13.1. The van der Waals surface area contributed by atoms with Gasteiger partial charge in [0.25, 0.3) is 0 Å². The van der Waals surface area contributed by atoms with Gasteiger partial charge in [0.1, 0.15) is 11.6 Å². The number of aliphatic hydroxyl groups excluding tert-OH is 1. The largest absolute Gasteiger partial charge is 0.438 e. The second kappa shape index (κ2) is 9.14. The second-order valence-electron chi connectivity index (χ2n) is 7.32. The van der Waals surface area contributed by atoms with Gasteiger partial charge >= 0.3 is 0 Å². The molecule has 1 aliphatic carbocycles. The number of para-hydroxylation sites is 2. The molecule has 6 nitrogen and oxygen atoms in total. The van der Waals surface area contributed by atoms with Crippen LogP contribution in [-0.2, 0) is 4.79 Å². The first-order chi connectivity index (χ1) is 12.6. The molecule has 0 aliphatic heterocycles. The molecule has 0 spiro atoms. The first-order valence-corrected chi connectivity index (χ1v) is 9.70. The van der Waals surface area contributed by atoms with E-state index in [1.807, 2.05) is 24.3 Å². The minimum absolute atomic E-state index is 0.0908. The van der Waals surface area contributed by atoms with Crippen LogP contribution in [0.3, 0.4) is 0 Å². The van der Waals surface area contributed by atoms with Gasteiger partial charge in [-0.3, -0.25) is 4.79 Å². The van der Waals surface area contributed by atoms with Crippen molar-refractivity contribution >= 4 is 17.0 Å². The average Bonchev–Trinajstić information content (AvgIpc) is 3.10. The third-order valence-corrected chi connectivity index (χ3v) is 5.20. The molecule has 6 heteroatoms. The lowest BCUT2D eigenvalue weighted by molar-refractivity contribution is -0.122. The molecule has 1 unspecified atom stereocenters. The minimum atomic E-state index is -0.768. The van der Waals surface area contributed by atoms with Crippen LogP contribution in [0.5, 0.6) is 0 Å². The quantitative estimate of drug-likeness (QED) is 0.629. The number of carbonyl (C=O) groups is 1. The number of aliphatic hydroxyl groups is 1. The minimum Gasteiger partial charge on any atom is -0.438 e. The third kappa shape index (κ3) is 5.05. The maximum absolute atomic E-state index is 12.1. The van der Waals surface area contributed by atoms with Gasteiger partial charge in [0.05, 0.1) is 6.04 Å². The standard InChI is InChI=1S/C20H29N3O3/c21-15(13-14-7-2-1-3-8-14)19(25)22-12-6-10-17(24)20-23-16-9-4-5-11-18(16)26-20/h4-5,9,11,14-15,17,24H,1-3,6-8,10,12-13,21H2,(H,22,25)/t15-,17?/m0/s1. The van der Waals surface area contributed by atoms with E-state index < -0.39 is 12.1 Å². The van der Waals surface area contributed by atoms with E-state index in [2.05, 4.69) is 10.3 Å². The molecule has 1 heterocycles. The maximum atomic E-state index is 12.1. The average molecular weight is 359 g/mol. The first-order valence-electron chi connectivity index (χ1n) is 9.70. The topological polar surface area (TPSA) is 101 Å². The number of amides is 1. The molecule has 1 aromatic heterocycles. The van der Waals surface area contributed by atoms with Crippen LogP contribution >= 0.6 is 0 Å². The summed E-state index contributed by atoms with van der Waals surface area (Å²) in [6.07, 6.45) is 7.33. The molecule has 26 heavy (non-hydrogen) atoms. The molecule has 3 rings (SSSR count). The Morgan fingerprint density at radius 2 is 2.08 bits per heavy atom. The van der Waals surface area contributed by atoms with Crippen molar-refractivity contribution in [2.45, 2.75) is 63.5 Å². The third-order valence-electron chi connectivity index (χ3n) is 5.20. The highest BCUT2D eigenvalue weighted by Gasteiger charge is 2.21. The van der Waals surface area contributed by atoms with Gasteiger partial charge in [-0.05, 0) is 37.3 Å². The predicted molar refractivity (Wildman–Crippen MR) is 100 cm³/mol. The summed E-state index contributed by atoms with van der Waals surface area (Å²) in [6.45, 7) is 0.495. The van der Waals surface area contributed by atoms with Crippen LogP contribution in [0.4, 0.5) is 0 Å². The van der Waals surface area contributed by atoms with E-state index in [-0.39, 0.29) is 5.91 Å². The highest BCUT2D eigenvalue weighted by Crippen LogP contribution is 2.27. The number of nitrogens with one attached hydrogen (secondary N) is 1. The molecular weight excluding hydrogens is 330 g/mol. The SMILES string of the molecule is N[C@@H](CC1CCCCC1)C(=O)NCCCC(O)c1nc2ccccc2o1. The van der Waals surface area contributed by atoms with E-state index in [9.17, 15) is 9.90 Å². The Morgan fingerprint density at radius 1 is 1.31 bits per heavy atom.